The van der Waals surface area contributed by atoms with Crippen molar-refractivity contribution in [2.75, 3.05) is 0 Å². The minimum atomic E-state index is 0.257. The van der Waals surface area contributed by atoms with Gasteiger partial charge in [0.1, 0.15) is 5.75 Å². The molecular formula is C8H7ClO. The Morgan fingerprint density at radius 2 is 2.20 bits per heavy atom. The number of halogens is 1. The average molecular weight is 155 g/mol. The summed E-state index contributed by atoms with van der Waals surface area (Å²) in [6.45, 7) is 0. The lowest BCUT2D eigenvalue weighted by molar-refractivity contribution is 0.475. The maximum atomic E-state index is 8.96. The van der Waals surface area contributed by atoms with Gasteiger partial charge in [-0.05, 0) is 23.8 Å². The largest absolute Gasteiger partial charge is 0.508 e. The molecule has 1 nitrogen and oxygen atoms in total. The third-order valence-corrected chi connectivity index (χ3v) is 1.25. The highest BCUT2D eigenvalue weighted by molar-refractivity contribution is 6.27. The molecule has 52 valence electrons. The van der Waals surface area contributed by atoms with Gasteiger partial charge in [0.2, 0.25) is 0 Å². The molecule has 0 fully saturated rings. The summed E-state index contributed by atoms with van der Waals surface area (Å²) in [6, 6.07) is 6.88. The van der Waals surface area contributed by atoms with Gasteiger partial charge in [0, 0.05) is 5.54 Å². The topological polar surface area (TPSA) is 20.2 Å². The molecule has 0 atom stereocenters. The van der Waals surface area contributed by atoms with E-state index in [0.717, 1.165) is 5.56 Å². The number of phenolic OH excluding ortho intramolecular Hbond substituents is 1. The van der Waals surface area contributed by atoms with Gasteiger partial charge in [-0.3, -0.25) is 0 Å². The first kappa shape index (κ1) is 7.16. The zero-order valence-electron chi connectivity index (χ0n) is 5.29. The van der Waals surface area contributed by atoms with Gasteiger partial charge in [-0.1, -0.05) is 23.7 Å². The first-order valence-corrected chi connectivity index (χ1v) is 3.32. The predicted molar refractivity (Wildman–Crippen MR) is 43.0 cm³/mol. The van der Waals surface area contributed by atoms with E-state index >= 15 is 0 Å². The van der Waals surface area contributed by atoms with Gasteiger partial charge in [0.05, 0.1) is 0 Å². The molecule has 0 unspecified atom stereocenters. The van der Waals surface area contributed by atoms with Crippen molar-refractivity contribution < 1.29 is 5.11 Å². The summed E-state index contributed by atoms with van der Waals surface area (Å²) in [7, 11) is 0. The van der Waals surface area contributed by atoms with E-state index in [9.17, 15) is 0 Å². The molecule has 0 saturated heterocycles. The van der Waals surface area contributed by atoms with Crippen LogP contribution in [-0.4, -0.2) is 5.11 Å². The molecule has 0 amide bonds. The van der Waals surface area contributed by atoms with Crippen LogP contribution in [0.2, 0.25) is 0 Å². The van der Waals surface area contributed by atoms with Crippen molar-refractivity contribution in [2.24, 2.45) is 0 Å². The standard InChI is InChI=1S/C8H7ClO/c9-5-4-7-2-1-3-8(10)6-7/h1-6,10H. The third-order valence-electron chi connectivity index (χ3n) is 1.13. The first-order chi connectivity index (χ1) is 4.83. The lowest BCUT2D eigenvalue weighted by atomic mass is 10.2. The molecule has 0 radical (unpaired) electrons. The first-order valence-electron chi connectivity index (χ1n) is 2.89. The minimum Gasteiger partial charge on any atom is -0.508 e. The lowest BCUT2D eigenvalue weighted by Crippen LogP contribution is -1.68. The van der Waals surface area contributed by atoms with E-state index in [4.69, 9.17) is 16.7 Å². The van der Waals surface area contributed by atoms with Crippen LogP contribution in [-0.2, 0) is 0 Å². The molecule has 2 heteroatoms. The molecular weight excluding hydrogens is 148 g/mol. The highest BCUT2D eigenvalue weighted by atomic mass is 35.5. The quantitative estimate of drug-likeness (QED) is 0.659. The Kier molecular flexibility index (Phi) is 2.35. The number of aromatic hydroxyl groups is 1. The van der Waals surface area contributed by atoms with Crippen molar-refractivity contribution >= 4 is 17.7 Å². The summed E-state index contributed by atoms with van der Waals surface area (Å²) < 4.78 is 0. The molecule has 10 heavy (non-hydrogen) atoms. The van der Waals surface area contributed by atoms with Crippen LogP contribution in [0, 0.1) is 0 Å². The van der Waals surface area contributed by atoms with Gasteiger partial charge in [-0.2, -0.15) is 0 Å². The maximum absolute atomic E-state index is 8.96. The van der Waals surface area contributed by atoms with E-state index < -0.39 is 0 Å². The number of rotatable bonds is 1. The molecule has 0 saturated carbocycles. The Balaban J connectivity index is 2.95. The van der Waals surface area contributed by atoms with E-state index in [-0.39, 0.29) is 5.75 Å². The molecule has 1 N–H and O–H groups in total. The summed E-state index contributed by atoms with van der Waals surface area (Å²) in [4.78, 5) is 0. The molecule has 0 spiro atoms. The summed E-state index contributed by atoms with van der Waals surface area (Å²) in [5.41, 5.74) is 2.31. The van der Waals surface area contributed by atoms with E-state index in [1.807, 2.05) is 6.07 Å². The Hall–Kier alpha value is -0.950. The van der Waals surface area contributed by atoms with Gasteiger partial charge < -0.3 is 5.11 Å². The van der Waals surface area contributed by atoms with E-state index in [2.05, 4.69) is 0 Å². The molecule has 1 aromatic rings. The summed E-state index contributed by atoms with van der Waals surface area (Å²) >= 11 is 5.33. The maximum Gasteiger partial charge on any atom is 0.116 e. The normalized spacial score (nSPS) is 10.5. The zero-order chi connectivity index (χ0) is 7.40. The highest BCUT2D eigenvalue weighted by Crippen LogP contribution is 2.11. The van der Waals surface area contributed by atoms with Crippen molar-refractivity contribution in [3.63, 3.8) is 0 Å². The second kappa shape index (κ2) is 3.28. The van der Waals surface area contributed by atoms with Gasteiger partial charge in [-0.15, -0.1) is 0 Å². The molecule has 0 aromatic heterocycles. The van der Waals surface area contributed by atoms with Crippen LogP contribution in [0.15, 0.2) is 29.8 Å². The van der Waals surface area contributed by atoms with Gasteiger partial charge >= 0.3 is 0 Å². The molecule has 0 aliphatic rings. The van der Waals surface area contributed by atoms with Gasteiger partial charge in [0.15, 0.2) is 0 Å². The van der Waals surface area contributed by atoms with E-state index in [1.165, 1.54) is 5.54 Å². The van der Waals surface area contributed by atoms with Crippen LogP contribution in [0.1, 0.15) is 5.56 Å². The van der Waals surface area contributed by atoms with E-state index in [0.29, 0.717) is 0 Å². The van der Waals surface area contributed by atoms with E-state index in [1.54, 1.807) is 24.3 Å². The van der Waals surface area contributed by atoms with Crippen molar-refractivity contribution in [1.29, 1.82) is 0 Å². The highest BCUT2D eigenvalue weighted by Gasteiger charge is 1.86. The molecule has 0 aliphatic carbocycles. The van der Waals surface area contributed by atoms with Crippen molar-refractivity contribution in [3.8, 4) is 5.75 Å². The minimum absolute atomic E-state index is 0.257. The Morgan fingerprint density at radius 3 is 2.80 bits per heavy atom. The Bertz CT molecular complexity index is 243. The number of benzene rings is 1. The van der Waals surface area contributed by atoms with Crippen molar-refractivity contribution in [1.82, 2.24) is 0 Å². The summed E-state index contributed by atoms with van der Waals surface area (Å²) in [6.07, 6.45) is 1.71. The predicted octanol–water partition coefficient (Wildman–Crippen LogP) is 2.60. The monoisotopic (exact) mass is 154 g/mol. The van der Waals surface area contributed by atoms with Crippen molar-refractivity contribution in [3.05, 3.63) is 35.4 Å². The van der Waals surface area contributed by atoms with Crippen LogP contribution in [0.25, 0.3) is 6.08 Å². The number of phenols is 1. The average Bonchev–Trinajstić information content (AvgIpc) is 1.88. The fourth-order valence-electron chi connectivity index (χ4n) is 0.701. The van der Waals surface area contributed by atoms with Crippen LogP contribution < -0.4 is 0 Å². The fraction of sp³-hybridized carbons (Fsp3) is 0. The van der Waals surface area contributed by atoms with Crippen LogP contribution in [0.4, 0.5) is 0 Å². The second-order valence-electron chi connectivity index (χ2n) is 1.89. The van der Waals surface area contributed by atoms with Crippen LogP contribution in [0.5, 0.6) is 5.75 Å². The molecule has 0 heterocycles. The molecule has 0 aliphatic heterocycles. The second-order valence-corrected chi connectivity index (χ2v) is 2.14. The number of hydrogen-bond acceptors (Lipinski definition) is 1. The van der Waals surface area contributed by atoms with Crippen LogP contribution >= 0.6 is 11.6 Å². The number of hydrogen-bond donors (Lipinski definition) is 1. The smallest absolute Gasteiger partial charge is 0.116 e. The summed E-state index contributed by atoms with van der Waals surface area (Å²) in [5.74, 6) is 0.257. The van der Waals surface area contributed by atoms with Crippen LogP contribution in [0.3, 0.4) is 0 Å². The molecule has 1 rings (SSSR count). The van der Waals surface area contributed by atoms with Gasteiger partial charge in [0.25, 0.3) is 0 Å². The van der Waals surface area contributed by atoms with Gasteiger partial charge in [-0.25, -0.2) is 0 Å². The zero-order valence-corrected chi connectivity index (χ0v) is 6.05. The SMILES string of the molecule is Oc1cccc(C=CCl)c1. The lowest BCUT2D eigenvalue weighted by Gasteiger charge is -1.92. The fourth-order valence-corrected chi connectivity index (χ4v) is 0.847. The Labute approximate surface area is 64.6 Å². The van der Waals surface area contributed by atoms with Crippen molar-refractivity contribution in [2.45, 2.75) is 0 Å². The Morgan fingerprint density at radius 1 is 1.40 bits per heavy atom. The molecule has 0 bridgehead atoms. The molecule has 1 aromatic carbocycles. The third kappa shape index (κ3) is 1.78. The summed E-state index contributed by atoms with van der Waals surface area (Å²) in [5, 5.41) is 8.96.